The van der Waals surface area contributed by atoms with Crippen LogP contribution in [0, 0.1) is 51.1 Å². The van der Waals surface area contributed by atoms with Crippen molar-refractivity contribution in [2.75, 3.05) is 19.6 Å². The van der Waals surface area contributed by atoms with E-state index in [0.29, 0.717) is 0 Å². The minimum atomic E-state index is -4.78. The van der Waals surface area contributed by atoms with E-state index in [1.807, 2.05) is 0 Å². The number of hydrogen-bond donors (Lipinski definition) is 2. The maximum absolute atomic E-state index is 8.35. The molecule has 0 spiro atoms. The molecule has 0 radical (unpaired) electrons. The van der Waals surface area contributed by atoms with E-state index in [4.69, 9.17) is 32.0 Å². The fraction of sp³-hybridized carbons (Fsp3) is 0.444. The van der Waals surface area contributed by atoms with Gasteiger partial charge in [0, 0.05) is 13.1 Å². The third-order valence-corrected chi connectivity index (χ3v) is 3.83. The topological polar surface area (TPSA) is 157 Å². The predicted octanol–water partition coefficient (Wildman–Crippen LogP) is -0.364. The Bertz CT molecular complexity index is 347. The normalized spacial score (nSPS) is 10.5. The van der Waals surface area contributed by atoms with Crippen LogP contribution < -0.4 is 11.1 Å². The van der Waals surface area contributed by atoms with Crippen LogP contribution in [0.4, 0.5) is 0 Å². The van der Waals surface area contributed by atoms with Gasteiger partial charge < -0.3 is 11.1 Å². The Kier molecular flexibility index (Phi) is 8.23. The predicted molar refractivity (Wildman–Crippen MR) is 55.7 cm³/mol. The molecular formula is C9H12FeN7. The van der Waals surface area contributed by atoms with Crippen LogP contribution in [0.1, 0.15) is 6.92 Å². The quantitative estimate of drug-likeness (QED) is 0.525. The van der Waals surface area contributed by atoms with Gasteiger partial charge in [-0.05, 0) is 6.54 Å². The molecule has 0 amide bonds. The van der Waals surface area contributed by atoms with Gasteiger partial charge in [0.25, 0.3) is 0 Å². The number of hydrogen-bond acceptors (Lipinski definition) is 7. The van der Waals surface area contributed by atoms with Crippen LogP contribution in [-0.2, 0) is 11.8 Å². The Balaban J connectivity index is 0. The molecule has 3 N–H and O–H groups in total. The van der Waals surface area contributed by atoms with Gasteiger partial charge in [-0.3, -0.25) is 0 Å². The van der Waals surface area contributed by atoms with E-state index in [1.54, 1.807) is 0 Å². The van der Waals surface area contributed by atoms with E-state index in [9.17, 15) is 0 Å². The van der Waals surface area contributed by atoms with E-state index >= 15 is 0 Å². The summed E-state index contributed by atoms with van der Waals surface area (Å²) in [6, 6.07) is 0. The molecule has 0 aromatic heterocycles. The van der Waals surface area contributed by atoms with Gasteiger partial charge in [0.1, 0.15) is 0 Å². The standard InChI is InChI=1S/C4H12N2.5CN.Fe/c1-2-6-4-3-5;5*1-2;/h6H,2-5H2,1H3;;;;;;. The number of rotatable bonds is 3. The Hall–Kier alpha value is -2.11. The average molecular weight is 274 g/mol. The van der Waals surface area contributed by atoms with E-state index < -0.39 is 11.8 Å². The van der Waals surface area contributed by atoms with Crippen LogP contribution >= 0.6 is 0 Å². The molecule has 0 saturated heterocycles. The summed E-state index contributed by atoms with van der Waals surface area (Å²) in [6.45, 7) is 4.77. The zero-order valence-electron chi connectivity index (χ0n) is 9.29. The third kappa shape index (κ3) is 4.50. The van der Waals surface area contributed by atoms with Crippen molar-refractivity contribution >= 4 is 0 Å². The molecule has 0 fully saturated rings. The first-order valence-electron chi connectivity index (χ1n) is 4.32. The fourth-order valence-corrected chi connectivity index (χ4v) is 1.01. The van der Waals surface area contributed by atoms with Crippen molar-refractivity contribution in [3.8, 4) is 24.8 Å². The maximum atomic E-state index is 8.35. The van der Waals surface area contributed by atoms with E-state index in [2.05, 4.69) is 12.2 Å². The molecular weight excluding hydrogens is 262 g/mol. The summed E-state index contributed by atoms with van der Waals surface area (Å²) >= 11 is -4.78. The monoisotopic (exact) mass is 274 g/mol. The van der Waals surface area contributed by atoms with Gasteiger partial charge in [0.15, 0.2) is 0 Å². The van der Waals surface area contributed by atoms with Crippen molar-refractivity contribution in [1.82, 2.24) is 5.32 Å². The number of nitriles is 5. The van der Waals surface area contributed by atoms with Gasteiger partial charge in [-0.15, -0.1) is 0 Å². The average Bonchev–Trinajstić information content (AvgIpc) is 2.42. The molecule has 91 valence electrons. The molecule has 0 bridgehead atoms. The SMILES string of the molecule is CCNCCN.N#[C][Fe]([C]#N)([C]#N)([C]#N)[C]#N. The van der Waals surface area contributed by atoms with Crippen molar-refractivity contribution in [2.24, 2.45) is 5.73 Å². The van der Waals surface area contributed by atoms with Crippen molar-refractivity contribution in [1.29, 1.82) is 26.3 Å². The molecule has 8 heteroatoms. The second kappa shape index (κ2) is 8.09. The van der Waals surface area contributed by atoms with Gasteiger partial charge in [-0.25, -0.2) is 0 Å². The molecule has 0 aromatic carbocycles. The molecule has 0 atom stereocenters. The second-order valence-electron chi connectivity index (χ2n) is 2.42. The molecule has 17 heavy (non-hydrogen) atoms. The summed E-state index contributed by atoms with van der Waals surface area (Å²) in [5, 5.41) is 44.8. The van der Waals surface area contributed by atoms with E-state index in [-0.39, 0.29) is 0 Å². The summed E-state index contributed by atoms with van der Waals surface area (Å²) < 4.78 is 0. The Morgan fingerprint density at radius 3 is 1.35 bits per heavy atom. The van der Waals surface area contributed by atoms with Crippen molar-refractivity contribution < 1.29 is 11.8 Å². The van der Waals surface area contributed by atoms with Crippen LogP contribution in [0.5, 0.6) is 0 Å². The number of nitrogens with one attached hydrogen (secondary N) is 1. The summed E-state index contributed by atoms with van der Waals surface area (Å²) in [5.74, 6) is 0. The molecule has 0 unspecified atom stereocenters. The number of likely N-dealkylation sites (N-methyl/N-ethyl adjacent to an activating group) is 1. The first-order chi connectivity index (χ1) is 8.03. The molecule has 0 aliphatic heterocycles. The number of nitrogens with zero attached hydrogens (tertiary/aromatic N) is 5. The van der Waals surface area contributed by atoms with Gasteiger partial charge >= 0.3 is 62.9 Å². The molecule has 7 nitrogen and oxygen atoms in total. The number of nitrogens with two attached hydrogens (primary N) is 1. The van der Waals surface area contributed by atoms with Crippen molar-refractivity contribution in [3.05, 3.63) is 0 Å². The molecule has 0 aliphatic rings. The van der Waals surface area contributed by atoms with Crippen LogP contribution in [0.2, 0.25) is 0 Å². The molecule has 0 saturated carbocycles. The van der Waals surface area contributed by atoms with Gasteiger partial charge in [-0.2, -0.15) is 0 Å². The van der Waals surface area contributed by atoms with Gasteiger partial charge in [0.2, 0.25) is 0 Å². The first kappa shape index (κ1) is 17.3. The van der Waals surface area contributed by atoms with Crippen LogP contribution in [0.3, 0.4) is 0 Å². The van der Waals surface area contributed by atoms with E-state index in [1.165, 1.54) is 24.8 Å². The fourth-order valence-electron chi connectivity index (χ4n) is 0.456. The Labute approximate surface area is 101 Å². The minimum absolute atomic E-state index is 0.744. The summed E-state index contributed by atoms with van der Waals surface area (Å²) in [5.41, 5.74) is 5.15. The Morgan fingerprint density at radius 2 is 1.29 bits per heavy atom. The van der Waals surface area contributed by atoms with Crippen molar-refractivity contribution in [2.45, 2.75) is 6.92 Å². The molecule has 0 aromatic rings. The van der Waals surface area contributed by atoms with Gasteiger partial charge in [-0.1, -0.05) is 6.92 Å². The van der Waals surface area contributed by atoms with E-state index in [0.717, 1.165) is 19.6 Å². The Morgan fingerprint density at radius 1 is 0.941 bits per heavy atom. The van der Waals surface area contributed by atoms with Gasteiger partial charge in [0.05, 0.1) is 0 Å². The van der Waals surface area contributed by atoms with Crippen LogP contribution in [-0.4, -0.2) is 19.6 Å². The molecule has 0 rings (SSSR count). The third-order valence-electron chi connectivity index (χ3n) is 1.36. The molecule has 0 heterocycles. The van der Waals surface area contributed by atoms with Crippen LogP contribution in [0.15, 0.2) is 0 Å². The van der Waals surface area contributed by atoms with Crippen LogP contribution in [0.25, 0.3) is 0 Å². The molecule has 0 aliphatic carbocycles. The summed E-state index contributed by atoms with van der Waals surface area (Å²) in [6.07, 6.45) is 0. The zero-order chi connectivity index (χ0) is 13.8. The zero-order valence-corrected chi connectivity index (χ0v) is 10.4. The first-order valence-corrected chi connectivity index (χ1v) is 7.08. The second-order valence-corrected chi connectivity index (χ2v) is 6.42. The summed E-state index contributed by atoms with van der Waals surface area (Å²) in [7, 11) is 0. The summed E-state index contributed by atoms with van der Waals surface area (Å²) in [4.78, 5) is 6.12. The van der Waals surface area contributed by atoms with Crippen molar-refractivity contribution in [3.63, 3.8) is 0 Å².